The zero-order valence-electron chi connectivity index (χ0n) is 6.64. The van der Waals surface area contributed by atoms with E-state index in [9.17, 15) is 0 Å². The van der Waals surface area contributed by atoms with Crippen molar-refractivity contribution in [2.24, 2.45) is 17.3 Å². The van der Waals surface area contributed by atoms with Gasteiger partial charge in [-0.05, 0) is 31.1 Å². The lowest BCUT2D eigenvalue weighted by Gasteiger charge is -2.22. The molecule has 0 aromatic rings. The second-order valence-electron chi connectivity index (χ2n) is 3.84. The minimum Gasteiger partial charge on any atom is -0.293 e. The number of rotatable bonds is 2. The molecule has 0 aromatic heterocycles. The van der Waals surface area contributed by atoms with Crippen LogP contribution in [0.5, 0.6) is 0 Å². The molecule has 0 saturated heterocycles. The molecule has 0 heterocycles. The van der Waals surface area contributed by atoms with Gasteiger partial charge in [-0.3, -0.25) is 15.8 Å². The minimum atomic E-state index is -1.44. The summed E-state index contributed by atoms with van der Waals surface area (Å²) in [5.41, 5.74) is 5.46. The fourth-order valence-electron chi connectivity index (χ4n) is 2.62. The molecule has 2 aliphatic rings. The fraction of sp³-hybridized carbons (Fsp3) is 1.00. The quantitative estimate of drug-likeness (QED) is 0.554. The van der Waals surface area contributed by atoms with Gasteiger partial charge in [0, 0.05) is 6.04 Å². The molecule has 2 fully saturated rings. The maximum atomic E-state index is 7.29. The Bertz CT molecular complexity index is 183. The summed E-state index contributed by atoms with van der Waals surface area (Å²) in [5.74, 6) is 1.81. The highest BCUT2D eigenvalue weighted by atomic mass is 31.1. The second kappa shape index (κ2) is 2.89. The maximum Gasteiger partial charge on any atom is 0.0735 e. The third-order valence-corrected chi connectivity index (χ3v) is 3.76. The molecule has 2 bridgehead atoms. The molecule has 4 atom stereocenters. The van der Waals surface area contributed by atoms with Gasteiger partial charge in [0.25, 0.3) is 0 Å². The summed E-state index contributed by atoms with van der Waals surface area (Å²) in [6.45, 7) is 0. The predicted molar refractivity (Wildman–Crippen MR) is 47.6 cm³/mol. The van der Waals surface area contributed by atoms with Crippen molar-refractivity contribution in [3.05, 3.63) is 0 Å². The first-order valence-electron chi connectivity index (χ1n) is 4.36. The van der Waals surface area contributed by atoms with Gasteiger partial charge < -0.3 is 0 Å². The SMILES string of the molecule is N=[PH](N)NC1CC2CCC1C2. The van der Waals surface area contributed by atoms with Crippen LogP contribution < -0.4 is 10.6 Å². The molecule has 2 rings (SSSR count). The second-order valence-corrected chi connectivity index (χ2v) is 4.96. The van der Waals surface area contributed by atoms with Crippen LogP contribution in [-0.2, 0) is 0 Å². The first-order chi connectivity index (χ1) is 5.25. The Kier molecular flexibility index (Phi) is 2.04. The highest BCUT2D eigenvalue weighted by Gasteiger charge is 2.39. The molecule has 4 heteroatoms. The Balaban J connectivity index is 1.92. The molecule has 0 aliphatic heterocycles. The Morgan fingerprint density at radius 3 is 2.64 bits per heavy atom. The molecule has 2 saturated carbocycles. The topological polar surface area (TPSA) is 61.9 Å². The Morgan fingerprint density at radius 1 is 1.36 bits per heavy atom. The van der Waals surface area contributed by atoms with Gasteiger partial charge in [0.2, 0.25) is 0 Å². The molecule has 64 valence electrons. The molecular formula is C7H16N3P. The first-order valence-corrected chi connectivity index (χ1v) is 5.94. The van der Waals surface area contributed by atoms with Gasteiger partial charge in [0.05, 0.1) is 8.01 Å². The Labute approximate surface area is 68.1 Å². The van der Waals surface area contributed by atoms with Crippen LogP contribution in [0.15, 0.2) is 0 Å². The number of hydrogen-bond donors (Lipinski definition) is 3. The van der Waals surface area contributed by atoms with E-state index in [2.05, 4.69) is 5.09 Å². The normalized spacial score (nSPS) is 44.6. The average molecular weight is 173 g/mol. The van der Waals surface area contributed by atoms with Gasteiger partial charge in [-0.2, -0.15) is 0 Å². The summed E-state index contributed by atoms with van der Waals surface area (Å²) >= 11 is 0. The van der Waals surface area contributed by atoms with Crippen molar-refractivity contribution >= 4 is 8.01 Å². The molecule has 0 amide bonds. The zero-order valence-corrected chi connectivity index (χ0v) is 7.64. The predicted octanol–water partition coefficient (Wildman–Crippen LogP) is 1.53. The van der Waals surface area contributed by atoms with Crippen molar-refractivity contribution in [2.45, 2.75) is 31.7 Å². The van der Waals surface area contributed by atoms with E-state index in [0.29, 0.717) is 6.04 Å². The standard InChI is InChI=1S/C7H16N3P/c8-11(9)10-7-4-5-1-2-6(7)3-5/h5-7,11H,1-4H2,(H4,8,9,10). The summed E-state index contributed by atoms with van der Waals surface area (Å²) in [5, 5.41) is 10.5. The number of fused-ring (bicyclic) bond motifs is 2. The van der Waals surface area contributed by atoms with Crippen LogP contribution in [0.25, 0.3) is 0 Å². The molecule has 0 aromatic carbocycles. The summed E-state index contributed by atoms with van der Waals surface area (Å²) < 4.78 is 0. The van der Waals surface area contributed by atoms with Gasteiger partial charge in [-0.25, -0.2) is 0 Å². The third-order valence-electron chi connectivity index (χ3n) is 3.08. The molecule has 4 unspecified atom stereocenters. The van der Waals surface area contributed by atoms with Gasteiger partial charge in [-0.15, -0.1) is 0 Å². The van der Waals surface area contributed by atoms with Crippen molar-refractivity contribution in [3.8, 4) is 0 Å². The van der Waals surface area contributed by atoms with Crippen molar-refractivity contribution < 1.29 is 0 Å². The Morgan fingerprint density at radius 2 is 2.18 bits per heavy atom. The van der Waals surface area contributed by atoms with Crippen molar-refractivity contribution in [3.63, 3.8) is 0 Å². The van der Waals surface area contributed by atoms with Crippen LogP contribution in [-0.4, -0.2) is 6.04 Å². The highest BCUT2D eigenvalue weighted by molar-refractivity contribution is 7.40. The summed E-state index contributed by atoms with van der Waals surface area (Å²) in [6.07, 6.45) is 5.48. The van der Waals surface area contributed by atoms with E-state index in [0.717, 1.165) is 11.8 Å². The van der Waals surface area contributed by atoms with Gasteiger partial charge in [-0.1, -0.05) is 6.42 Å². The average Bonchev–Trinajstić information content (AvgIpc) is 2.45. The smallest absolute Gasteiger partial charge is 0.0735 e. The van der Waals surface area contributed by atoms with E-state index in [1.165, 1.54) is 25.7 Å². The van der Waals surface area contributed by atoms with Crippen LogP contribution in [0.1, 0.15) is 25.7 Å². The fourth-order valence-corrected chi connectivity index (χ4v) is 3.37. The van der Waals surface area contributed by atoms with E-state index >= 15 is 0 Å². The van der Waals surface area contributed by atoms with Crippen LogP contribution in [0.4, 0.5) is 0 Å². The van der Waals surface area contributed by atoms with Crippen LogP contribution >= 0.6 is 8.01 Å². The molecular weight excluding hydrogens is 157 g/mol. The van der Waals surface area contributed by atoms with E-state index in [1.807, 2.05) is 0 Å². The Hall–Kier alpha value is 0.150. The molecule has 2 aliphatic carbocycles. The van der Waals surface area contributed by atoms with Gasteiger partial charge >= 0.3 is 0 Å². The van der Waals surface area contributed by atoms with Crippen molar-refractivity contribution in [1.82, 2.24) is 5.09 Å². The van der Waals surface area contributed by atoms with Crippen LogP contribution in [0, 0.1) is 17.0 Å². The van der Waals surface area contributed by atoms with Crippen LogP contribution in [0.3, 0.4) is 0 Å². The van der Waals surface area contributed by atoms with Gasteiger partial charge in [0.1, 0.15) is 0 Å². The third kappa shape index (κ3) is 1.51. The molecule has 0 radical (unpaired) electrons. The summed E-state index contributed by atoms with van der Waals surface area (Å²) in [4.78, 5) is 0. The number of nitrogens with two attached hydrogens (primary N) is 1. The lowest BCUT2D eigenvalue weighted by atomic mass is 9.96. The van der Waals surface area contributed by atoms with Crippen molar-refractivity contribution in [2.75, 3.05) is 0 Å². The molecule has 4 N–H and O–H groups in total. The van der Waals surface area contributed by atoms with E-state index in [1.54, 1.807) is 0 Å². The largest absolute Gasteiger partial charge is 0.293 e. The molecule has 11 heavy (non-hydrogen) atoms. The minimum absolute atomic E-state index is 0.602. The monoisotopic (exact) mass is 173 g/mol. The van der Waals surface area contributed by atoms with Crippen LogP contribution in [0.2, 0.25) is 0 Å². The zero-order chi connectivity index (χ0) is 7.84. The number of nitrogens with one attached hydrogen (secondary N) is 2. The molecule has 3 nitrogen and oxygen atoms in total. The summed E-state index contributed by atoms with van der Waals surface area (Å²) in [7, 11) is -1.44. The summed E-state index contributed by atoms with van der Waals surface area (Å²) in [6, 6.07) is 0.602. The lowest BCUT2D eigenvalue weighted by Crippen LogP contribution is -2.29. The molecule has 0 spiro atoms. The lowest BCUT2D eigenvalue weighted by molar-refractivity contribution is 0.398. The van der Waals surface area contributed by atoms with E-state index < -0.39 is 8.01 Å². The highest BCUT2D eigenvalue weighted by Crippen LogP contribution is 2.45. The van der Waals surface area contributed by atoms with Crippen molar-refractivity contribution in [1.29, 1.82) is 5.16 Å². The van der Waals surface area contributed by atoms with E-state index in [-0.39, 0.29) is 0 Å². The number of hydrogen-bond acceptors (Lipinski definition) is 1. The van der Waals surface area contributed by atoms with Gasteiger partial charge in [0.15, 0.2) is 0 Å². The first kappa shape index (κ1) is 7.78. The van der Waals surface area contributed by atoms with E-state index in [4.69, 9.17) is 10.7 Å². The maximum absolute atomic E-state index is 7.29.